The number of hydrogen-bond acceptors (Lipinski definition) is 9. The molecular formula is C43H63N3O7. The first-order valence-electron chi connectivity index (χ1n) is 19.2. The third kappa shape index (κ3) is 9.36. The van der Waals surface area contributed by atoms with Gasteiger partial charge < -0.3 is 36.6 Å². The van der Waals surface area contributed by atoms with Crippen LogP contribution in [0.5, 0.6) is 0 Å². The fourth-order valence-corrected chi connectivity index (χ4v) is 9.12. The number of fused-ring (bicyclic) bond motifs is 1. The third-order valence-electron chi connectivity index (χ3n) is 12.0. The second kappa shape index (κ2) is 18.4. The van der Waals surface area contributed by atoms with Gasteiger partial charge in [-0.1, -0.05) is 65.8 Å². The largest absolute Gasteiger partial charge is 0.396 e. The third-order valence-corrected chi connectivity index (χ3v) is 12.0. The van der Waals surface area contributed by atoms with Crippen LogP contribution in [0.1, 0.15) is 115 Å². The zero-order valence-corrected chi connectivity index (χ0v) is 32.3. The van der Waals surface area contributed by atoms with Gasteiger partial charge in [-0.25, -0.2) is 0 Å². The van der Waals surface area contributed by atoms with E-state index in [2.05, 4.69) is 37.1 Å². The summed E-state index contributed by atoms with van der Waals surface area (Å²) in [4.78, 5) is 27.4. The highest BCUT2D eigenvalue weighted by Gasteiger charge is 2.64. The maximum absolute atomic E-state index is 14.3. The van der Waals surface area contributed by atoms with Crippen molar-refractivity contribution in [2.45, 2.75) is 122 Å². The molecule has 1 heterocycles. The highest BCUT2D eigenvalue weighted by Crippen LogP contribution is 2.63. The Morgan fingerprint density at radius 2 is 1.94 bits per heavy atom. The highest BCUT2D eigenvalue weighted by atomic mass is 16.3. The first-order chi connectivity index (χ1) is 25.1. The van der Waals surface area contributed by atoms with E-state index in [0.717, 1.165) is 24.0 Å². The lowest BCUT2D eigenvalue weighted by molar-refractivity contribution is -0.167. The second-order valence-corrected chi connectivity index (χ2v) is 15.9. The lowest BCUT2D eigenvalue weighted by Crippen LogP contribution is -2.59. The van der Waals surface area contributed by atoms with Crippen molar-refractivity contribution >= 4 is 11.7 Å². The Balaban J connectivity index is 1.68. The van der Waals surface area contributed by atoms with Gasteiger partial charge in [0, 0.05) is 30.9 Å². The van der Waals surface area contributed by atoms with Crippen LogP contribution in [0.25, 0.3) is 0 Å². The first-order valence-corrected chi connectivity index (χ1v) is 19.2. The number of aliphatic hydroxyl groups is 5. The number of hydrogen-bond donors (Lipinski definition) is 8. The number of carbonyl (C=O) groups is 2. The maximum atomic E-state index is 14.3. The molecule has 4 rings (SSSR count). The van der Waals surface area contributed by atoms with Gasteiger partial charge in [0.1, 0.15) is 12.2 Å². The molecule has 0 radical (unpaired) electrons. The lowest BCUT2D eigenvalue weighted by atomic mass is 9.52. The lowest BCUT2D eigenvalue weighted by Gasteiger charge is -2.55. The quantitative estimate of drug-likeness (QED) is 0.0679. The predicted octanol–water partition coefficient (Wildman–Crippen LogP) is 4.68. The molecule has 0 bridgehead atoms. The van der Waals surface area contributed by atoms with E-state index < -0.39 is 47.3 Å². The second-order valence-electron chi connectivity index (χ2n) is 15.9. The average Bonchev–Trinajstić information content (AvgIpc) is 3.44. The fraction of sp³-hybridized carbons (Fsp3) is 0.581. The predicted molar refractivity (Wildman–Crippen MR) is 208 cm³/mol. The van der Waals surface area contributed by atoms with Crippen LogP contribution in [0, 0.1) is 17.3 Å². The van der Waals surface area contributed by atoms with Crippen LogP contribution in [-0.2, 0) is 16.0 Å². The molecule has 10 nitrogen and oxygen atoms in total. The molecule has 9 N–H and O–H groups in total. The summed E-state index contributed by atoms with van der Waals surface area (Å²) in [5.74, 6) is -1.26. The Kier molecular flexibility index (Phi) is 14.8. The van der Waals surface area contributed by atoms with Crippen molar-refractivity contribution in [3.63, 3.8) is 0 Å². The van der Waals surface area contributed by atoms with Crippen molar-refractivity contribution < 1.29 is 35.1 Å². The molecule has 3 aliphatic rings. The highest BCUT2D eigenvalue weighted by molar-refractivity contribution is 5.98. The number of aliphatic hydroxyl groups excluding tert-OH is 4. The van der Waals surface area contributed by atoms with Crippen LogP contribution in [-0.4, -0.2) is 74.8 Å². The summed E-state index contributed by atoms with van der Waals surface area (Å²) in [6.45, 7) is 13.3. The minimum absolute atomic E-state index is 0.00994. The smallest absolute Gasteiger partial charge is 0.243 e. The van der Waals surface area contributed by atoms with E-state index in [1.807, 2.05) is 43.4 Å². The molecule has 8 atom stereocenters. The fourth-order valence-electron chi connectivity index (χ4n) is 9.12. The maximum Gasteiger partial charge on any atom is 0.243 e. The molecule has 53 heavy (non-hydrogen) atoms. The van der Waals surface area contributed by atoms with E-state index in [1.165, 1.54) is 5.57 Å². The Bertz CT molecular complexity index is 1620. The van der Waals surface area contributed by atoms with E-state index in [4.69, 9.17) is 5.73 Å². The van der Waals surface area contributed by atoms with Gasteiger partial charge in [0.25, 0.3) is 0 Å². The standard InChI is InChI=1S/C43H63N3O7/c1-26(2)11-7-12-27(3)13-8-15-31(25-48)33-19-21-43(39(33)51)35(17-10-22-47)32(18-20-42(43,6)53)29(5)36(50)23-30-14-9-16-34-37(30)38(45-24-28(4)49)41(52)46-40(34)44/h8-9,11,13-16,28,33,35,38-40,45,47-49,51,53H,3,7,10,12,17-25,44H2,1-2,4-6H3,(H,46,52). The molecule has 1 amide bonds. The van der Waals surface area contributed by atoms with Crippen molar-refractivity contribution in [2.75, 3.05) is 19.8 Å². The summed E-state index contributed by atoms with van der Waals surface area (Å²) in [6, 6.07) is 4.69. The molecule has 8 unspecified atom stereocenters. The molecule has 1 aromatic rings. The number of Topliss-reactive ketones (excluding diaryl/α,β-unsaturated/α-hetero) is 1. The van der Waals surface area contributed by atoms with Crippen LogP contribution in [0.15, 0.2) is 76.9 Å². The molecule has 1 aliphatic heterocycles. The molecule has 1 aromatic carbocycles. The number of benzene rings is 1. The Morgan fingerprint density at radius 3 is 2.60 bits per heavy atom. The topological polar surface area (TPSA) is 185 Å². The summed E-state index contributed by atoms with van der Waals surface area (Å²) < 4.78 is 0. The molecule has 292 valence electrons. The van der Waals surface area contributed by atoms with Gasteiger partial charge in [-0.2, -0.15) is 0 Å². The number of rotatable bonds is 16. The SMILES string of the molecule is C=C(C=CC=C(CO)C1CCC2(C(CCCO)C(=C(C)C(=O)Cc3cccc4c3C(NCC(C)O)C(=O)NC4N)CCC2(C)O)C1O)CCC=C(C)C. The number of nitrogens with one attached hydrogen (secondary N) is 2. The summed E-state index contributed by atoms with van der Waals surface area (Å²) in [6.07, 6.45) is 9.84. The van der Waals surface area contributed by atoms with Gasteiger partial charge in [0.15, 0.2) is 5.78 Å². The molecule has 2 fully saturated rings. The molecule has 10 heteroatoms. The zero-order valence-electron chi connectivity index (χ0n) is 32.3. The summed E-state index contributed by atoms with van der Waals surface area (Å²) in [7, 11) is 0. The van der Waals surface area contributed by atoms with Gasteiger partial charge in [0.2, 0.25) is 5.91 Å². The van der Waals surface area contributed by atoms with Crippen molar-refractivity contribution in [2.24, 2.45) is 23.0 Å². The van der Waals surface area contributed by atoms with Crippen molar-refractivity contribution in [3.05, 3.63) is 93.6 Å². The van der Waals surface area contributed by atoms with Gasteiger partial charge in [-0.3, -0.25) is 14.9 Å². The minimum atomic E-state index is -1.27. The number of carbonyl (C=O) groups excluding carboxylic acids is 2. The van der Waals surface area contributed by atoms with E-state index in [1.54, 1.807) is 13.8 Å². The van der Waals surface area contributed by atoms with Crippen LogP contribution >= 0.6 is 0 Å². The molecule has 0 saturated heterocycles. The van der Waals surface area contributed by atoms with Crippen LogP contribution in [0.4, 0.5) is 0 Å². The number of amides is 1. The van der Waals surface area contributed by atoms with Crippen molar-refractivity contribution in [3.8, 4) is 0 Å². The zero-order chi connectivity index (χ0) is 39.1. The van der Waals surface area contributed by atoms with E-state index in [9.17, 15) is 35.1 Å². The molecule has 2 saturated carbocycles. The van der Waals surface area contributed by atoms with Crippen LogP contribution in [0.2, 0.25) is 0 Å². The van der Waals surface area contributed by atoms with Crippen molar-refractivity contribution in [1.29, 1.82) is 0 Å². The average molecular weight is 734 g/mol. The molecule has 2 aliphatic carbocycles. The number of ketones is 1. The Morgan fingerprint density at radius 1 is 1.21 bits per heavy atom. The van der Waals surface area contributed by atoms with Crippen LogP contribution < -0.4 is 16.4 Å². The minimum Gasteiger partial charge on any atom is -0.396 e. The number of nitrogens with two attached hydrogens (primary N) is 1. The van der Waals surface area contributed by atoms with Gasteiger partial charge in [-0.05, 0) is 120 Å². The first kappa shape index (κ1) is 42.5. The van der Waals surface area contributed by atoms with Crippen LogP contribution in [0.3, 0.4) is 0 Å². The Hall–Kier alpha value is -3.22. The molecule has 1 spiro atoms. The summed E-state index contributed by atoms with van der Waals surface area (Å²) in [5.41, 5.74) is 10.4. The monoisotopic (exact) mass is 733 g/mol. The molecular weight excluding hydrogens is 670 g/mol. The van der Waals surface area contributed by atoms with E-state index in [-0.39, 0.29) is 37.9 Å². The van der Waals surface area contributed by atoms with Crippen molar-refractivity contribution in [1.82, 2.24) is 10.6 Å². The van der Waals surface area contributed by atoms with Gasteiger partial charge >= 0.3 is 0 Å². The molecule has 0 aromatic heterocycles. The Labute approximate surface area is 315 Å². The number of allylic oxidation sites excluding steroid dienone is 8. The summed E-state index contributed by atoms with van der Waals surface area (Å²) >= 11 is 0. The van der Waals surface area contributed by atoms with E-state index >= 15 is 0 Å². The van der Waals surface area contributed by atoms with Gasteiger partial charge in [-0.15, -0.1) is 0 Å². The normalized spacial score (nSPS) is 30.3. The van der Waals surface area contributed by atoms with E-state index in [0.29, 0.717) is 66.4 Å². The summed E-state index contributed by atoms with van der Waals surface area (Å²) in [5, 5.41) is 60.8. The van der Waals surface area contributed by atoms with Gasteiger partial charge in [0.05, 0.1) is 24.4 Å².